The first-order valence-electron chi connectivity index (χ1n) is 5.98. The lowest BCUT2D eigenvalue weighted by atomic mass is 9.91. The van der Waals surface area contributed by atoms with Gasteiger partial charge in [-0.05, 0) is 24.0 Å². The van der Waals surface area contributed by atoms with Crippen LogP contribution in [0.25, 0.3) is 0 Å². The summed E-state index contributed by atoms with van der Waals surface area (Å²) < 4.78 is 0. The predicted molar refractivity (Wildman–Crippen MR) is 68.5 cm³/mol. The standard InChI is InChI=1S/C13H15ClN2O2/c1-7(2)12-10(14)5-8(6-15-12)9-3-4-11(17)16-13(9)18/h5-7,9H,3-4H2,1-2H3,(H,16,17,18). The number of carbonyl (C=O) groups excluding carboxylic acids is 2. The smallest absolute Gasteiger partial charge is 0.234 e. The Kier molecular flexibility index (Phi) is 3.66. The van der Waals surface area contributed by atoms with Crippen LogP contribution in [0.1, 0.15) is 49.8 Å². The van der Waals surface area contributed by atoms with Crippen LogP contribution < -0.4 is 5.32 Å². The molecule has 4 nitrogen and oxygen atoms in total. The minimum absolute atomic E-state index is 0.214. The van der Waals surface area contributed by atoms with E-state index in [1.54, 1.807) is 12.3 Å². The number of hydrogen-bond acceptors (Lipinski definition) is 3. The highest BCUT2D eigenvalue weighted by Crippen LogP contribution is 2.29. The molecule has 2 heterocycles. The van der Waals surface area contributed by atoms with Gasteiger partial charge in [0.15, 0.2) is 0 Å². The first kappa shape index (κ1) is 13.0. The van der Waals surface area contributed by atoms with Gasteiger partial charge in [0.2, 0.25) is 11.8 Å². The highest BCUT2D eigenvalue weighted by atomic mass is 35.5. The molecule has 5 heteroatoms. The molecule has 0 bridgehead atoms. The molecule has 96 valence electrons. The number of halogens is 1. The quantitative estimate of drug-likeness (QED) is 0.836. The molecule has 1 atom stereocenters. The zero-order valence-corrected chi connectivity index (χ0v) is 11.1. The fourth-order valence-electron chi connectivity index (χ4n) is 2.09. The van der Waals surface area contributed by atoms with Crippen molar-refractivity contribution in [1.82, 2.24) is 10.3 Å². The van der Waals surface area contributed by atoms with E-state index in [1.807, 2.05) is 13.8 Å². The van der Waals surface area contributed by atoms with Crippen LogP contribution in [-0.2, 0) is 9.59 Å². The number of carbonyl (C=O) groups is 2. The molecule has 1 N–H and O–H groups in total. The lowest BCUT2D eigenvalue weighted by Crippen LogP contribution is -2.39. The van der Waals surface area contributed by atoms with E-state index < -0.39 is 0 Å². The topological polar surface area (TPSA) is 59.1 Å². The minimum Gasteiger partial charge on any atom is -0.296 e. The third-order valence-corrected chi connectivity index (χ3v) is 3.38. The summed E-state index contributed by atoms with van der Waals surface area (Å²) in [6, 6.07) is 1.78. The van der Waals surface area contributed by atoms with Crippen LogP contribution in [0.5, 0.6) is 0 Å². The summed E-state index contributed by atoms with van der Waals surface area (Å²) >= 11 is 6.16. The van der Waals surface area contributed by atoms with E-state index >= 15 is 0 Å². The van der Waals surface area contributed by atoms with Crippen molar-refractivity contribution >= 4 is 23.4 Å². The Morgan fingerprint density at radius 3 is 2.72 bits per heavy atom. The molecular formula is C13H15ClN2O2. The van der Waals surface area contributed by atoms with Gasteiger partial charge in [0, 0.05) is 12.6 Å². The molecule has 0 aliphatic carbocycles. The molecule has 2 amide bonds. The Hall–Kier alpha value is -1.42. The summed E-state index contributed by atoms with van der Waals surface area (Å²) in [5, 5.41) is 2.91. The highest BCUT2D eigenvalue weighted by molar-refractivity contribution is 6.31. The van der Waals surface area contributed by atoms with E-state index in [1.165, 1.54) is 0 Å². The monoisotopic (exact) mass is 266 g/mol. The second-order valence-corrected chi connectivity index (χ2v) is 5.20. The lowest BCUT2D eigenvalue weighted by molar-refractivity contribution is -0.134. The van der Waals surface area contributed by atoms with Gasteiger partial charge in [0.05, 0.1) is 16.6 Å². The fraction of sp³-hybridized carbons (Fsp3) is 0.462. The zero-order valence-electron chi connectivity index (χ0n) is 10.4. The molecule has 0 saturated carbocycles. The van der Waals surface area contributed by atoms with Crippen LogP contribution in [0.3, 0.4) is 0 Å². The number of nitrogens with one attached hydrogen (secondary N) is 1. The Balaban J connectivity index is 2.27. The van der Waals surface area contributed by atoms with Crippen molar-refractivity contribution in [3.63, 3.8) is 0 Å². The van der Waals surface area contributed by atoms with Crippen molar-refractivity contribution in [2.24, 2.45) is 0 Å². The number of aromatic nitrogens is 1. The third-order valence-electron chi connectivity index (χ3n) is 3.08. The lowest BCUT2D eigenvalue weighted by Gasteiger charge is -2.21. The van der Waals surface area contributed by atoms with E-state index in [4.69, 9.17) is 11.6 Å². The van der Waals surface area contributed by atoms with E-state index in [9.17, 15) is 9.59 Å². The predicted octanol–water partition coefficient (Wildman–Crippen LogP) is 2.38. The number of amides is 2. The van der Waals surface area contributed by atoms with Gasteiger partial charge in [-0.3, -0.25) is 19.9 Å². The van der Waals surface area contributed by atoms with Gasteiger partial charge < -0.3 is 0 Å². The van der Waals surface area contributed by atoms with Crippen LogP contribution in [0.2, 0.25) is 5.02 Å². The van der Waals surface area contributed by atoms with Crippen molar-refractivity contribution in [3.8, 4) is 0 Å². The summed E-state index contributed by atoms with van der Waals surface area (Å²) in [7, 11) is 0. The van der Waals surface area contributed by atoms with Gasteiger partial charge in [-0.2, -0.15) is 0 Å². The van der Waals surface area contributed by atoms with Gasteiger partial charge in [-0.15, -0.1) is 0 Å². The number of hydrogen-bond donors (Lipinski definition) is 1. The Labute approximate surface area is 111 Å². The Morgan fingerprint density at radius 2 is 2.17 bits per heavy atom. The Bertz CT molecular complexity index is 500. The van der Waals surface area contributed by atoms with Crippen molar-refractivity contribution in [3.05, 3.63) is 28.5 Å². The normalized spacial score (nSPS) is 20.1. The summed E-state index contributed by atoms with van der Waals surface area (Å²) in [5.41, 5.74) is 1.60. The molecule has 2 rings (SSSR count). The van der Waals surface area contributed by atoms with Crippen molar-refractivity contribution in [1.29, 1.82) is 0 Å². The molecule has 1 unspecified atom stereocenters. The van der Waals surface area contributed by atoms with E-state index in [2.05, 4.69) is 10.3 Å². The zero-order chi connectivity index (χ0) is 13.3. The van der Waals surface area contributed by atoms with Crippen LogP contribution in [0.15, 0.2) is 12.3 Å². The maximum Gasteiger partial charge on any atom is 0.234 e. The van der Waals surface area contributed by atoms with Crippen molar-refractivity contribution < 1.29 is 9.59 Å². The molecule has 0 radical (unpaired) electrons. The molecule has 0 spiro atoms. The average Bonchev–Trinajstić information content (AvgIpc) is 2.28. The number of pyridine rings is 1. The molecule has 1 saturated heterocycles. The SMILES string of the molecule is CC(C)c1ncc(C2CCC(=O)NC2=O)cc1Cl. The van der Waals surface area contributed by atoms with Crippen LogP contribution in [-0.4, -0.2) is 16.8 Å². The fourth-order valence-corrected chi connectivity index (χ4v) is 2.48. The first-order valence-corrected chi connectivity index (χ1v) is 6.36. The number of nitrogens with zero attached hydrogens (tertiary/aromatic N) is 1. The van der Waals surface area contributed by atoms with Gasteiger partial charge in [-0.1, -0.05) is 25.4 Å². The van der Waals surface area contributed by atoms with Gasteiger partial charge in [0.1, 0.15) is 0 Å². The van der Waals surface area contributed by atoms with Crippen molar-refractivity contribution in [2.75, 3.05) is 0 Å². The number of piperidine rings is 1. The van der Waals surface area contributed by atoms with Gasteiger partial charge in [0.25, 0.3) is 0 Å². The Morgan fingerprint density at radius 1 is 1.44 bits per heavy atom. The second kappa shape index (κ2) is 5.06. The summed E-state index contributed by atoms with van der Waals surface area (Å²) in [5.74, 6) is -0.558. The summed E-state index contributed by atoms with van der Waals surface area (Å²) in [6.07, 6.45) is 2.56. The van der Waals surface area contributed by atoms with Crippen LogP contribution in [0.4, 0.5) is 0 Å². The largest absolute Gasteiger partial charge is 0.296 e. The number of rotatable bonds is 2. The maximum absolute atomic E-state index is 11.7. The van der Waals surface area contributed by atoms with Crippen LogP contribution in [0, 0.1) is 0 Å². The summed E-state index contributed by atoms with van der Waals surface area (Å²) in [6.45, 7) is 4.03. The molecule has 1 aromatic rings. The van der Waals surface area contributed by atoms with Gasteiger partial charge in [-0.25, -0.2) is 0 Å². The number of imide groups is 1. The molecular weight excluding hydrogens is 252 g/mol. The third kappa shape index (κ3) is 2.53. The first-order chi connectivity index (χ1) is 8.49. The van der Waals surface area contributed by atoms with E-state index in [-0.39, 0.29) is 23.7 Å². The highest BCUT2D eigenvalue weighted by Gasteiger charge is 2.28. The summed E-state index contributed by atoms with van der Waals surface area (Å²) in [4.78, 5) is 27.1. The van der Waals surface area contributed by atoms with Crippen LogP contribution >= 0.6 is 11.6 Å². The van der Waals surface area contributed by atoms with Gasteiger partial charge >= 0.3 is 0 Å². The molecule has 1 aliphatic rings. The van der Waals surface area contributed by atoms with Crippen molar-refractivity contribution in [2.45, 2.75) is 38.5 Å². The molecule has 1 aliphatic heterocycles. The molecule has 1 aromatic heterocycles. The van der Waals surface area contributed by atoms with E-state index in [0.717, 1.165) is 11.3 Å². The average molecular weight is 267 g/mol. The molecule has 1 fully saturated rings. The minimum atomic E-state index is -0.325. The maximum atomic E-state index is 11.7. The van der Waals surface area contributed by atoms with E-state index in [0.29, 0.717) is 17.9 Å². The second-order valence-electron chi connectivity index (χ2n) is 4.79. The molecule has 0 aromatic carbocycles. The molecule has 18 heavy (non-hydrogen) atoms.